The maximum atomic E-state index is 8.88. The molecular weight excluding hydrogens is 282 g/mol. The van der Waals surface area contributed by atoms with E-state index in [9.17, 15) is 0 Å². The SMILES string of the molecule is O=P(O)(O)O.OP(O)(O)=S.c1cncnc1. The van der Waals surface area contributed by atoms with Gasteiger partial charge in [-0.25, -0.2) is 14.5 Å². The van der Waals surface area contributed by atoms with Crippen LogP contribution in [-0.4, -0.2) is 39.3 Å². The number of nitrogens with zero attached hydrogens (tertiary/aromatic N) is 2. The van der Waals surface area contributed by atoms with E-state index in [2.05, 4.69) is 21.8 Å². The Hall–Kier alpha value is -0.280. The smallest absolute Gasteiger partial charge is 0.325 e. The highest BCUT2D eigenvalue weighted by atomic mass is 32.5. The van der Waals surface area contributed by atoms with Crippen molar-refractivity contribution < 1.29 is 33.9 Å². The van der Waals surface area contributed by atoms with Crippen molar-refractivity contribution in [1.29, 1.82) is 0 Å². The van der Waals surface area contributed by atoms with Crippen molar-refractivity contribution in [1.82, 2.24) is 9.97 Å². The fraction of sp³-hybridized carbons (Fsp3) is 0. The Morgan fingerprint density at radius 1 is 0.938 bits per heavy atom. The quantitative estimate of drug-likeness (QED) is 0.318. The molecule has 1 heterocycles. The van der Waals surface area contributed by atoms with E-state index in [1.54, 1.807) is 18.5 Å². The summed E-state index contributed by atoms with van der Waals surface area (Å²) in [7, 11) is -4.64. The van der Waals surface area contributed by atoms with E-state index in [1.807, 2.05) is 0 Å². The average Bonchev–Trinajstić information content (AvgIpc) is 2.01. The highest BCUT2D eigenvalue weighted by Crippen LogP contribution is 2.26. The van der Waals surface area contributed by atoms with Crippen LogP contribution in [0.5, 0.6) is 0 Å². The lowest BCUT2D eigenvalue weighted by atomic mass is 10.7. The summed E-state index contributed by atoms with van der Waals surface area (Å²) in [5.74, 6) is 0. The lowest BCUT2D eigenvalue weighted by molar-refractivity contribution is 0.275. The number of hydrogen-bond acceptors (Lipinski definition) is 4. The van der Waals surface area contributed by atoms with Crippen LogP contribution in [0.3, 0.4) is 0 Å². The maximum Gasteiger partial charge on any atom is 0.466 e. The lowest BCUT2D eigenvalue weighted by Crippen LogP contribution is -1.66. The monoisotopic (exact) mass is 292 g/mol. The van der Waals surface area contributed by atoms with E-state index in [0.29, 0.717) is 0 Å². The van der Waals surface area contributed by atoms with Crippen LogP contribution in [-0.2, 0) is 16.4 Å². The number of aromatic nitrogens is 2. The molecule has 9 nitrogen and oxygen atoms in total. The summed E-state index contributed by atoms with van der Waals surface area (Å²) in [6.45, 7) is -3.81. The minimum atomic E-state index is -4.64. The molecule has 0 amide bonds. The normalized spacial score (nSPS) is 10.4. The summed E-state index contributed by atoms with van der Waals surface area (Å²) in [5, 5.41) is 0. The van der Waals surface area contributed by atoms with E-state index >= 15 is 0 Å². The van der Waals surface area contributed by atoms with E-state index in [0.717, 1.165) is 0 Å². The molecule has 0 fully saturated rings. The molecule has 1 rings (SSSR count). The lowest BCUT2D eigenvalue weighted by Gasteiger charge is -1.88. The molecule has 0 aliphatic rings. The number of rotatable bonds is 0. The summed E-state index contributed by atoms with van der Waals surface area (Å²) in [6, 6.07) is 1.78. The summed E-state index contributed by atoms with van der Waals surface area (Å²) in [6.07, 6.45) is 4.88. The zero-order chi connectivity index (χ0) is 13.2. The Balaban J connectivity index is 0. The van der Waals surface area contributed by atoms with Gasteiger partial charge in [0, 0.05) is 12.4 Å². The van der Waals surface area contributed by atoms with Gasteiger partial charge in [0.15, 0.2) is 0 Å². The van der Waals surface area contributed by atoms with Crippen LogP contribution in [0.1, 0.15) is 0 Å². The van der Waals surface area contributed by atoms with Crippen LogP contribution in [0.4, 0.5) is 0 Å². The van der Waals surface area contributed by atoms with Crippen molar-refractivity contribution in [3.63, 3.8) is 0 Å². The topological polar surface area (TPSA) is 164 Å². The predicted octanol–water partition coefficient (Wildman–Crippen LogP) is -1.26. The zero-order valence-electron chi connectivity index (χ0n) is 7.60. The standard InChI is InChI=1S/C4H4N2.H3O4P.H3O3PS/c1-2-5-4-6-3-1;1-5(2,3)4;1-4(2,3)5/h1-4H;(H3,1,2,3,4);(H3,1,2,3,5). The number of phosphoric acid groups is 1. The van der Waals surface area contributed by atoms with E-state index in [4.69, 9.17) is 33.9 Å². The van der Waals surface area contributed by atoms with E-state index in [-0.39, 0.29) is 0 Å². The minimum absolute atomic E-state index is 1.50. The fourth-order valence-corrected chi connectivity index (χ4v) is 0.253. The van der Waals surface area contributed by atoms with Gasteiger partial charge in [-0.2, -0.15) is 0 Å². The third-order valence-corrected chi connectivity index (χ3v) is 0.478. The summed E-state index contributed by atoms with van der Waals surface area (Å²) in [5.41, 5.74) is 0. The second-order valence-corrected chi connectivity index (χ2v) is 5.45. The summed E-state index contributed by atoms with van der Waals surface area (Å²) >= 11 is 3.60. The van der Waals surface area contributed by atoms with Crippen LogP contribution in [0.15, 0.2) is 24.8 Å². The van der Waals surface area contributed by atoms with Gasteiger partial charge in [-0.1, -0.05) is 0 Å². The molecule has 0 bridgehead atoms. The third-order valence-electron chi connectivity index (χ3n) is 0.478. The Labute approximate surface area is 95.6 Å². The van der Waals surface area contributed by atoms with Crippen molar-refractivity contribution in [3.8, 4) is 0 Å². The molecule has 12 heteroatoms. The van der Waals surface area contributed by atoms with Crippen molar-refractivity contribution in [2.75, 3.05) is 0 Å². The average molecular weight is 292 g/mol. The van der Waals surface area contributed by atoms with Crippen molar-refractivity contribution in [2.45, 2.75) is 0 Å². The Kier molecular flexibility index (Phi) is 9.98. The molecule has 0 unspecified atom stereocenters. The molecule has 0 aliphatic heterocycles. The van der Waals surface area contributed by atoms with Gasteiger partial charge in [-0.3, -0.25) is 0 Å². The van der Waals surface area contributed by atoms with Gasteiger partial charge in [-0.05, 0) is 17.9 Å². The fourth-order valence-electron chi connectivity index (χ4n) is 0.253. The molecule has 1 aromatic rings. The first kappa shape index (κ1) is 18.1. The first-order valence-corrected chi connectivity index (χ1v) is 7.49. The molecule has 0 saturated heterocycles. The van der Waals surface area contributed by atoms with Crippen LogP contribution >= 0.6 is 14.5 Å². The van der Waals surface area contributed by atoms with Gasteiger partial charge >= 0.3 is 14.5 Å². The van der Waals surface area contributed by atoms with Gasteiger partial charge in [0.05, 0.1) is 0 Å². The molecular formula is C4H10N2O7P2S. The predicted molar refractivity (Wildman–Crippen MR) is 57.2 cm³/mol. The molecule has 0 spiro atoms. The highest BCUT2D eigenvalue weighted by Gasteiger charge is 2.00. The Morgan fingerprint density at radius 2 is 1.19 bits per heavy atom. The van der Waals surface area contributed by atoms with E-state index in [1.165, 1.54) is 6.33 Å². The summed E-state index contributed by atoms with van der Waals surface area (Å²) in [4.78, 5) is 51.6. The molecule has 0 aliphatic carbocycles. The highest BCUT2D eigenvalue weighted by molar-refractivity contribution is 8.06. The first-order valence-electron chi connectivity index (χ1n) is 3.26. The van der Waals surface area contributed by atoms with Crippen molar-refractivity contribution in [2.24, 2.45) is 0 Å². The van der Waals surface area contributed by atoms with Crippen molar-refractivity contribution in [3.05, 3.63) is 24.8 Å². The largest absolute Gasteiger partial charge is 0.466 e. The molecule has 16 heavy (non-hydrogen) atoms. The van der Waals surface area contributed by atoms with E-state index < -0.39 is 14.5 Å². The molecule has 1 aromatic heterocycles. The second-order valence-electron chi connectivity index (χ2n) is 1.93. The first-order chi connectivity index (χ1) is 7.00. The minimum Gasteiger partial charge on any atom is -0.325 e. The Bertz CT molecular complexity index is 287. The van der Waals surface area contributed by atoms with Crippen LogP contribution < -0.4 is 0 Å². The molecule has 0 radical (unpaired) electrons. The number of hydrogen-bond donors (Lipinski definition) is 6. The van der Waals surface area contributed by atoms with Crippen molar-refractivity contribution >= 4 is 26.3 Å². The van der Waals surface area contributed by atoms with Crippen LogP contribution in [0.25, 0.3) is 0 Å². The molecule has 0 atom stereocenters. The molecule has 94 valence electrons. The summed E-state index contributed by atoms with van der Waals surface area (Å²) < 4.78 is 8.88. The van der Waals surface area contributed by atoms with Gasteiger partial charge < -0.3 is 29.4 Å². The molecule has 6 N–H and O–H groups in total. The van der Waals surface area contributed by atoms with Crippen LogP contribution in [0.2, 0.25) is 0 Å². The van der Waals surface area contributed by atoms with Crippen LogP contribution in [0, 0.1) is 0 Å². The Morgan fingerprint density at radius 3 is 1.25 bits per heavy atom. The van der Waals surface area contributed by atoms with Gasteiger partial charge in [0.2, 0.25) is 0 Å². The van der Waals surface area contributed by atoms with Gasteiger partial charge in [0.25, 0.3) is 0 Å². The van der Waals surface area contributed by atoms with Gasteiger partial charge in [0.1, 0.15) is 6.33 Å². The second kappa shape index (κ2) is 8.82. The van der Waals surface area contributed by atoms with Gasteiger partial charge in [-0.15, -0.1) is 0 Å². The molecule has 0 saturated carbocycles. The third kappa shape index (κ3) is 67.8. The maximum absolute atomic E-state index is 8.88. The zero-order valence-corrected chi connectivity index (χ0v) is 10.2. The molecule has 0 aromatic carbocycles.